The monoisotopic (exact) mass is 664 g/mol. The zero-order valence-corrected chi connectivity index (χ0v) is 22.7. The molecule has 0 aliphatic rings. The lowest BCUT2D eigenvalue weighted by Gasteiger charge is -2.12. The standard InChI is InChI=1S/C25H19Br2IN2O2/c1-15-3-8-23(16(2)9-15)30-25(31)19(13-29)10-18-11-21(27)24(22(28)12-18)32-14-17-4-6-20(26)7-5-17/h3-12H,14H2,1-2H3,(H,30,31)/b19-10+. The third kappa shape index (κ3) is 6.44. The van der Waals surface area contributed by atoms with E-state index in [1.54, 1.807) is 6.08 Å². The number of nitriles is 1. The summed E-state index contributed by atoms with van der Waals surface area (Å²) in [6.07, 6.45) is 1.57. The fraction of sp³-hybridized carbons (Fsp3) is 0.120. The van der Waals surface area contributed by atoms with Gasteiger partial charge in [0, 0.05) is 10.2 Å². The normalized spacial score (nSPS) is 11.1. The predicted molar refractivity (Wildman–Crippen MR) is 143 cm³/mol. The van der Waals surface area contributed by atoms with Gasteiger partial charge in [0.15, 0.2) is 0 Å². The van der Waals surface area contributed by atoms with E-state index in [0.717, 1.165) is 34.8 Å². The first kappa shape index (κ1) is 24.5. The molecule has 3 aromatic rings. The minimum atomic E-state index is -0.443. The van der Waals surface area contributed by atoms with Crippen LogP contribution in [-0.2, 0) is 11.4 Å². The second-order valence-corrected chi connectivity index (χ2v) is 10.1. The van der Waals surface area contributed by atoms with Gasteiger partial charge < -0.3 is 10.1 Å². The van der Waals surface area contributed by atoms with Gasteiger partial charge in [-0.2, -0.15) is 5.26 Å². The van der Waals surface area contributed by atoms with Crippen molar-refractivity contribution in [1.82, 2.24) is 0 Å². The van der Waals surface area contributed by atoms with Crippen LogP contribution in [-0.4, -0.2) is 5.91 Å². The first-order valence-corrected chi connectivity index (χ1v) is 12.3. The number of rotatable bonds is 6. The van der Waals surface area contributed by atoms with Gasteiger partial charge in [-0.3, -0.25) is 4.79 Å². The van der Waals surface area contributed by atoms with Crippen molar-refractivity contribution in [2.45, 2.75) is 20.5 Å². The molecule has 0 bridgehead atoms. The summed E-state index contributed by atoms with van der Waals surface area (Å²) >= 11 is 9.17. The smallest absolute Gasteiger partial charge is 0.266 e. The topological polar surface area (TPSA) is 62.1 Å². The van der Waals surface area contributed by atoms with Gasteiger partial charge in [-0.25, -0.2) is 0 Å². The van der Waals surface area contributed by atoms with Crippen molar-refractivity contribution in [3.8, 4) is 11.8 Å². The quantitative estimate of drug-likeness (QED) is 0.168. The number of hydrogen-bond donors (Lipinski definition) is 1. The van der Waals surface area contributed by atoms with Crippen molar-refractivity contribution in [3.63, 3.8) is 0 Å². The summed E-state index contributed by atoms with van der Waals surface area (Å²) in [4.78, 5) is 12.7. The van der Waals surface area contributed by atoms with Gasteiger partial charge in [-0.1, -0.05) is 45.8 Å². The molecular weight excluding hydrogens is 647 g/mol. The molecule has 1 amide bonds. The van der Waals surface area contributed by atoms with E-state index in [4.69, 9.17) is 4.74 Å². The zero-order valence-electron chi connectivity index (χ0n) is 17.4. The molecule has 1 N–H and O–H groups in total. The van der Waals surface area contributed by atoms with E-state index < -0.39 is 5.91 Å². The molecule has 0 aliphatic carbocycles. The SMILES string of the molecule is Cc1ccc(NC(=O)/C(C#N)=C/c2cc(Br)c(OCc3ccc(Br)cc3)c(I)c2)c(C)c1. The van der Waals surface area contributed by atoms with Crippen molar-refractivity contribution in [1.29, 1.82) is 5.26 Å². The van der Waals surface area contributed by atoms with Crippen molar-refractivity contribution in [3.05, 3.63) is 94.9 Å². The van der Waals surface area contributed by atoms with E-state index in [1.807, 2.05) is 74.5 Å². The molecule has 0 radical (unpaired) electrons. The Labute approximate surface area is 218 Å². The molecule has 3 aromatic carbocycles. The van der Waals surface area contributed by atoms with Crippen LogP contribution in [0.4, 0.5) is 5.69 Å². The molecular formula is C25H19Br2IN2O2. The molecule has 0 spiro atoms. The number of nitrogens with zero attached hydrogens (tertiary/aromatic N) is 1. The highest BCUT2D eigenvalue weighted by atomic mass is 127. The lowest BCUT2D eigenvalue weighted by molar-refractivity contribution is -0.112. The van der Waals surface area contributed by atoms with E-state index in [1.165, 1.54) is 0 Å². The molecule has 0 atom stereocenters. The van der Waals surface area contributed by atoms with Gasteiger partial charge >= 0.3 is 0 Å². The minimum Gasteiger partial charge on any atom is -0.487 e. The highest BCUT2D eigenvalue weighted by Crippen LogP contribution is 2.33. The highest BCUT2D eigenvalue weighted by Gasteiger charge is 2.13. The van der Waals surface area contributed by atoms with E-state index >= 15 is 0 Å². The summed E-state index contributed by atoms with van der Waals surface area (Å²) in [5, 5.41) is 12.4. The van der Waals surface area contributed by atoms with E-state index in [-0.39, 0.29) is 5.57 Å². The van der Waals surface area contributed by atoms with Gasteiger partial charge in [0.1, 0.15) is 24.0 Å². The summed E-state index contributed by atoms with van der Waals surface area (Å²) in [7, 11) is 0. The molecule has 0 saturated heterocycles. The Balaban J connectivity index is 1.77. The molecule has 0 fully saturated rings. The van der Waals surface area contributed by atoms with E-state index in [0.29, 0.717) is 18.0 Å². The Morgan fingerprint density at radius 2 is 1.84 bits per heavy atom. The molecule has 0 aliphatic heterocycles. The molecule has 0 unspecified atom stereocenters. The predicted octanol–water partition coefficient (Wildman–Crippen LogP) is 7.56. The minimum absolute atomic E-state index is 0.0243. The van der Waals surface area contributed by atoms with E-state index in [2.05, 4.69) is 59.8 Å². The number of ether oxygens (including phenoxy) is 1. The van der Waals surface area contributed by atoms with Gasteiger partial charge in [-0.05, 0) is 105 Å². The maximum Gasteiger partial charge on any atom is 0.266 e. The fourth-order valence-corrected chi connectivity index (χ4v) is 5.03. The molecule has 162 valence electrons. The maximum absolute atomic E-state index is 12.7. The first-order valence-electron chi connectivity index (χ1n) is 9.63. The number of amides is 1. The van der Waals surface area contributed by atoms with Crippen LogP contribution in [0.25, 0.3) is 6.08 Å². The third-order valence-corrected chi connectivity index (χ3v) is 6.54. The van der Waals surface area contributed by atoms with E-state index in [9.17, 15) is 10.1 Å². The van der Waals surface area contributed by atoms with Crippen LogP contribution < -0.4 is 10.1 Å². The summed E-state index contributed by atoms with van der Waals surface area (Å²) < 4.78 is 8.63. The molecule has 32 heavy (non-hydrogen) atoms. The highest BCUT2D eigenvalue weighted by molar-refractivity contribution is 14.1. The van der Waals surface area contributed by atoms with Crippen molar-refractivity contribution in [2.75, 3.05) is 5.32 Å². The largest absolute Gasteiger partial charge is 0.487 e. The van der Waals surface area contributed by atoms with Crippen molar-refractivity contribution in [2.24, 2.45) is 0 Å². The number of aryl methyl sites for hydroxylation is 2. The Morgan fingerprint density at radius 1 is 1.12 bits per heavy atom. The number of benzene rings is 3. The summed E-state index contributed by atoms with van der Waals surface area (Å²) in [6.45, 7) is 4.34. The molecule has 0 saturated carbocycles. The Hall–Kier alpha value is -2.15. The van der Waals surface area contributed by atoms with Gasteiger partial charge in [-0.15, -0.1) is 0 Å². The lowest BCUT2D eigenvalue weighted by Crippen LogP contribution is -2.14. The second kappa shape index (κ2) is 11.1. The number of halogens is 3. The number of carbonyl (C=O) groups excluding carboxylic acids is 1. The molecule has 0 heterocycles. The van der Waals surface area contributed by atoms with Crippen LogP contribution in [0.3, 0.4) is 0 Å². The van der Waals surface area contributed by atoms with Crippen molar-refractivity contribution < 1.29 is 9.53 Å². The number of anilines is 1. The van der Waals surface area contributed by atoms with Crippen LogP contribution in [0.2, 0.25) is 0 Å². The van der Waals surface area contributed by atoms with Crippen LogP contribution >= 0.6 is 54.5 Å². The number of nitrogens with one attached hydrogen (secondary N) is 1. The lowest BCUT2D eigenvalue weighted by atomic mass is 10.1. The van der Waals surface area contributed by atoms with Crippen molar-refractivity contribution >= 4 is 72.1 Å². The summed E-state index contributed by atoms with van der Waals surface area (Å²) in [6, 6.07) is 19.4. The average Bonchev–Trinajstić information content (AvgIpc) is 2.74. The summed E-state index contributed by atoms with van der Waals surface area (Å²) in [5.74, 6) is 0.269. The average molecular weight is 666 g/mol. The number of carbonyl (C=O) groups is 1. The van der Waals surface area contributed by atoms with Gasteiger partial charge in [0.05, 0.1) is 8.04 Å². The third-order valence-electron chi connectivity index (χ3n) is 4.62. The molecule has 0 aromatic heterocycles. The molecule has 4 nitrogen and oxygen atoms in total. The molecule has 3 rings (SSSR count). The Morgan fingerprint density at radius 3 is 2.47 bits per heavy atom. The van der Waals surface area contributed by atoms with Gasteiger partial charge in [0.25, 0.3) is 5.91 Å². The van der Waals surface area contributed by atoms with Crippen LogP contribution in [0.1, 0.15) is 22.3 Å². The fourth-order valence-electron chi connectivity index (χ4n) is 3.00. The molecule has 7 heteroatoms. The Bertz CT molecular complexity index is 1210. The maximum atomic E-state index is 12.7. The summed E-state index contributed by atoms with van der Waals surface area (Å²) in [5.41, 5.74) is 4.54. The van der Waals surface area contributed by atoms with Crippen LogP contribution in [0.5, 0.6) is 5.75 Å². The zero-order chi connectivity index (χ0) is 23.3. The second-order valence-electron chi connectivity index (χ2n) is 7.17. The number of hydrogen-bond acceptors (Lipinski definition) is 3. The van der Waals surface area contributed by atoms with Crippen LogP contribution in [0, 0.1) is 28.7 Å². The first-order chi connectivity index (χ1) is 15.3. The Kier molecular flexibility index (Phi) is 8.51. The van der Waals surface area contributed by atoms with Crippen LogP contribution in [0.15, 0.2) is 69.1 Å². The van der Waals surface area contributed by atoms with Gasteiger partial charge in [0.2, 0.25) is 0 Å².